The van der Waals surface area contributed by atoms with Crippen molar-refractivity contribution in [2.45, 2.75) is 4.90 Å². The Morgan fingerprint density at radius 2 is 1.81 bits per heavy atom. The van der Waals surface area contributed by atoms with E-state index in [4.69, 9.17) is 9.84 Å². The van der Waals surface area contributed by atoms with Gasteiger partial charge in [-0.15, -0.1) is 0 Å². The van der Waals surface area contributed by atoms with Crippen LogP contribution < -0.4 is 4.74 Å². The standard InChI is InChI=1S/C15H13FO4S/c16-12-6-2-4-8-14(12)21(19)10-9-20-13-7-3-1-5-11(13)15(17)18/h1-8H,9-10H2,(H,17,18). The molecule has 2 aromatic carbocycles. The third-order valence-electron chi connectivity index (χ3n) is 2.73. The molecule has 0 aliphatic carbocycles. The number of carboxylic acids is 1. The minimum absolute atomic E-state index is 0.0330. The molecule has 1 unspecified atom stereocenters. The van der Waals surface area contributed by atoms with Crippen LogP contribution in [-0.4, -0.2) is 27.6 Å². The molecule has 110 valence electrons. The van der Waals surface area contributed by atoms with Gasteiger partial charge in [-0.3, -0.25) is 4.21 Å². The quantitative estimate of drug-likeness (QED) is 0.891. The Labute approximate surface area is 123 Å². The van der Waals surface area contributed by atoms with E-state index in [9.17, 15) is 13.4 Å². The second kappa shape index (κ2) is 6.99. The normalized spacial score (nSPS) is 11.9. The lowest BCUT2D eigenvalue weighted by atomic mass is 10.2. The fourth-order valence-electron chi connectivity index (χ4n) is 1.74. The molecule has 0 fully saturated rings. The Morgan fingerprint density at radius 1 is 1.14 bits per heavy atom. The average molecular weight is 308 g/mol. The zero-order valence-electron chi connectivity index (χ0n) is 11.0. The van der Waals surface area contributed by atoms with Crippen molar-refractivity contribution in [1.29, 1.82) is 0 Å². The van der Waals surface area contributed by atoms with Crippen LogP contribution in [0.2, 0.25) is 0 Å². The maximum absolute atomic E-state index is 13.4. The predicted octanol–water partition coefficient (Wildman–Crippen LogP) is 2.71. The molecule has 2 aromatic rings. The minimum atomic E-state index is -1.53. The summed E-state index contributed by atoms with van der Waals surface area (Å²) >= 11 is 0. The van der Waals surface area contributed by atoms with Crippen LogP contribution in [0.25, 0.3) is 0 Å². The Hall–Kier alpha value is -2.21. The van der Waals surface area contributed by atoms with Gasteiger partial charge in [-0.05, 0) is 24.3 Å². The monoisotopic (exact) mass is 308 g/mol. The SMILES string of the molecule is O=C(O)c1ccccc1OCCS(=O)c1ccccc1F. The fourth-order valence-corrected chi connectivity index (χ4v) is 2.71. The Morgan fingerprint density at radius 3 is 2.52 bits per heavy atom. The van der Waals surface area contributed by atoms with Crippen LogP contribution in [0, 0.1) is 5.82 Å². The first-order valence-corrected chi connectivity index (χ1v) is 7.49. The van der Waals surface area contributed by atoms with Crippen molar-refractivity contribution in [1.82, 2.24) is 0 Å². The highest BCUT2D eigenvalue weighted by Crippen LogP contribution is 2.18. The number of hydrogen-bond donors (Lipinski definition) is 1. The molecule has 0 aliphatic heterocycles. The maximum Gasteiger partial charge on any atom is 0.339 e. The summed E-state index contributed by atoms with van der Waals surface area (Å²) in [6, 6.07) is 12.0. The van der Waals surface area contributed by atoms with Crippen molar-refractivity contribution in [3.8, 4) is 5.75 Å². The molecular weight excluding hydrogens is 295 g/mol. The van der Waals surface area contributed by atoms with Gasteiger partial charge in [0.05, 0.1) is 21.4 Å². The molecule has 1 atom stereocenters. The van der Waals surface area contributed by atoms with Crippen LogP contribution in [0.5, 0.6) is 5.75 Å². The Bertz CT molecular complexity index is 672. The number of carboxylic acid groups (broad SMARTS) is 1. The predicted molar refractivity (Wildman–Crippen MR) is 76.6 cm³/mol. The zero-order valence-corrected chi connectivity index (χ0v) is 11.8. The summed E-state index contributed by atoms with van der Waals surface area (Å²) in [4.78, 5) is 11.1. The number of carbonyl (C=O) groups is 1. The average Bonchev–Trinajstić information content (AvgIpc) is 2.48. The third kappa shape index (κ3) is 3.88. The first-order chi connectivity index (χ1) is 10.1. The van der Waals surface area contributed by atoms with Crippen LogP contribution >= 0.6 is 0 Å². The summed E-state index contributed by atoms with van der Waals surface area (Å²) in [5, 5.41) is 9.00. The molecule has 0 saturated carbocycles. The number of aromatic carboxylic acids is 1. The van der Waals surface area contributed by atoms with E-state index < -0.39 is 22.6 Å². The van der Waals surface area contributed by atoms with E-state index >= 15 is 0 Å². The number of rotatable bonds is 6. The van der Waals surface area contributed by atoms with E-state index in [1.807, 2.05) is 0 Å². The third-order valence-corrected chi connectivity index (χ3v) is 4.08. The maximum atomic E-state index is 13.4. The van der Waals surface area contributed by atoms with E-state index in [1.165, 1.54) is 30.3 Å². The van der Waals surface area contributed by atoms with Gasteiger partial charge in [0.15, 0.2) is 0 Å². The molecule has 0 bridgehead atoms. The summed E-state index contributed by atoms with van der Waals surface area (Å²) in [5.74, 6) is -1.34. The van der Waals surface area contributed by atoms with Crippen LogP contribution in [-0.2, 0) is 10.8 Å². The lowest BCUT2D eigenvalue weighted by Gasteiger charge is -2.09. The van der Waals surface area contributed by atoms with Gasteiger partial charge >= 0.3 is 5.97 Å². The highest BCUT2D eigenvalue weighted by Gasteiger charge is 2.12. The van der Waals surface area contributed by atoms with Crippen molar-refractivity contribution < 1.29 is 23.2 Å². The van der Waals surface area contributed by atoms with Gasteiger partial charge < -0.3 is 9.84 Å². The largest absolute Gasteiger partial charge is 0.492 e. The van der Waals surface area contributed by atoms with E-state index in [2.05, 4.69) is 0 Å². The fraction of sp³-hybridized carbons (Fsp3) is 0.133. The van der Waals surface area contributed by atoms with Crippen molar-refractivity contribution in [3.63, 3.8) is 0 Å². The molecule has 6 heteroatoms. The van der Waals surface area contributed by atoms with Gasteiger partial charge in [0, 0.05) is 0 Å². The van der Waals surface area contributed by atoms with Gasteiger partial charge in [-0.1, -0.05) is 24.3 Å². The van der Waals surface area contributed by atoms with Crippen LogP contribution in [0.15, 0.2) is 53.4 Å². The number of para-hydroxylation sites is 1. The topological polar surface area (TPSA) is 63.6 Å². The van der Waals surface area contributed by atoms with Crippen LogP contribution in [0.3, 0.4) is 0 Å². The Kier molecular flexibility index (Phi) is 5.05. The van der Waals surface area contributed by atoms with Crippen LogP contribution in [0.4, 0.5) is 4.39 Å². The summed E-state index contributed by atoms with van der Waals surface area (Å²) in [5.41, 5.74) is 0.0363. The van der Waals surface area contributed by atoms with Gasteiger partial charge in [-0.25, -0.2) is 9.18 Å². The highest BCUT2D eigenvalue weighted by atomic mass is 32.2. The second-order valence-electron chi connectivity index (χ2n) is 4.13. The number of halogens is 1. The smallest absolute Gasteiger partial charge is 0.339 e. The van der Waals surface area contributed by atoms with E-state index in [1.54, 1.807) is 18.2 Å². The van der Waals surface area contributed by atoms with Gasteiger partial charge in [0.2, 0.25) is 0 Å². The molecule has 0 spiro atoms. The van der Waals surface area contributed by atoms with Crippen LogP contribution in [0.1, 0.15) is 10.4 Å². The molecular formula is C15H13FO4S. The molecule has 21 heavy (non-hydrogen) atoms. The minimum Gasteiger partial charge on any atom is -0.492 e. The Balaban J connectivity index is 1.98. The number of ether oxygens (including phenoxy) is 1. The molecule has 0 amide bonds. The van der Waals surface area contributed by atoms with Crippen molar-refractivity contribution >= 4 is 16.8 Å². The zero-order chi connectivity index (χ0) is 15.2. The van der Waals surface area contributed by atoms with Gasteiger partial charge in [-0.2, -0.15) is 0 Å². The van der Waals surface area contributed by atoms with Crippen molar-refractivity contribution in [2.75, 3.05) is 12.4 Å². The summed E-state index contributed by atoms with van der Waals surface area (Å²) in [6.45, 7) is 0.0330. The summed E-state index contributed by atoms with van der Waals surface area (Å²) < 4.78 is 30.7. The first-order valence-electron chi connectivity index (χ1n) is 6.17. The lowest BCUT2D eigenvalue weighted by Crippen LogP contribution is -2.11. The lowest BCUT2D eigenvalue weighted by molar-refractivity contribution is 0.0692. The molecule has 2 rings (SSSR count). The van der Waals surface area contributed by atoms with Crippen molar-refractivity contribution in [2.24, 2.45) is 0 Å². The van der Waals surface area contributed by atoms with Gasteiger partial charge in [0.25, 0.3) is 0 Å². The molecule has 0 saturated heterocycles. The first kappa shape index (κ1) is 15.2. The highest BCUT2D eigenvalue weighted by molar-refractivity contribution is 7.85. The number of benzene rings is 2. The van der Waals surface area contributed by atoms with Gasteiger partial charge in [0.1, 0.15) is 23.7 Å². The van der Waals surface area contributed by atoms with E-state index in [-0.39, 0.29) is 28.6 Å². The summed E-state index contributed by atoms with van der Waals surface area (Å²) in [6.07, 6.45) is 0. The molecule has 0 heterocycles. The van der Waals surface area contributed by atoms with E-state index in [0.29, 0.717) is 0 Å². The molecule has 1 N–H and O–H groups in total. The number of hydrogen-bond acceptors (Lipinski definition) is 3. The molecule has 0 radical (unpaired) electrons. The molecule has 0 aromatic heterocycles. The second-order valence-corrected chi connectivity index (χ2v) is 5.67. The van der Waals surface area contributed by atoms with Crippen molar-refractivity contribution in [3.05, 3.63) is 59.9 Å². The van der Waals surface area contributed by atoms with E-state index in [0.717, 1.165) is 0 Å². The molecule has 0 aliphatic rings. The summed E-state index contributed by atoms with van der Waals surface area (Å²) in [7, 11) is -1.53. The molecule has 4 nitrogen and oxygen atoms in total.